The lowest BCUT2D eigenvalue weighted by Crippen LogP contribution is -2.45. The van der Waals surface area contributed by atoms with Crippen LogP contribution in [0, 0.1) is 0 Å². The highest BCUT2D eigenvalue weighted by Crippen LogP contribution is 2.27. The molecular formula is C13H18BrF2N. The summed E-state index contributed by atoms with van der Waals surface area (Å²) in [7, 11) is 0. The van der Waals surface area contributed by atoms with Crippen LogP contribution >= 0.6 is 15.9 Å². The molecule has 0 spiro atoms. The number of hydrogen-bond acceptors (Lipinski definition) is 1. The Morgan fingerprint density at radius 1 is 1.18 bits per heavy atom. The monoisotopic (exact) mass is 305 g/mol. The molecule has 0 bridgehead atoms. The summed E-state index contributed by atoms with van der Waals surface area (Å²) >= 11 is 3.32. The van der Waals surface area contributed by atoms with E-state index in [0.717, 1.165) is 11.8 Å². The maximum Gasteiger partial charge on any atom is 0.285 e. The third kappa shape index (κ3) is 4.72. The number of hydrogen-bond donors (Lipinski definition) is 1. The van der Waals surface area contributed by atoms with Crippen molar-refractivity contribution in [2.24, 2.45) is 0 Å². The predicted octanol–water partition coefficient (Wildman–Crippen LogP) is 3.93. The van der Waals surface area contributed by atoms with Gasteiger partial charge in [0.15, 0.2) is 0 Å². The minimum Gasteiger partial charge on any atom is -0.306 e. The van der Waals surface area contributed by atoms with Crippen LogP contribution in [0.5, 0.6) is 0 Å². The molecule has 1 aromatic rings. The maximum atomic E-state index is 13.9. The van der Waals surface area contributed by atoms with E-state index in [1.165, 1.54) is 12.1 Å². The van der Waals surface area contributed by atoms with E-state index in [-0.39, 0.29) is 17.6 Å². The Bertz CT molecular complexity index is 339. The molecule has 0 aliphatic heterocycles. The van der Waals surface area contributed by atoms with Crippen molar-refractivity contribution in [1.82, 2.24) is 5.32 Å². The van der Waals surface area contributed by atoms with Crippen LogP contribution in [0.15, 0.2) is 30.3 Å². The van der Waals surface area contributed by atoms with Crippen molar-refractivity contribution in [3.63, 3.8) is 0 Å². The Hall–Kier alpha value is -0.480. The molecule has 0 unspecified atom stereocenters. The van der Waals surface area contributed by atoms with E-state index in [1.54, 1.807) is 18.2 Å². The summed E-state index contributed by atoms with van der Waals surface area (Å²) in [5, 5.41) is 3.71. The van der Waals surface area contributed by atoms with Gasteiger partial charge in [-0.2, -0.15) is 8.78 Å². The van der Waals surface area contributed by atoms with E-state index in [9.17, 15) is 8.78 Å². The summed E-state index contributed by atoms with van der Waals surface area (Å²) in [6, 6.07) is 7.92. The Morgan fingerprint density at radius 3 is 2.29 bits per heavy atom. The number of nitrogens with one attached hydrogen (secondary N) is 1. The molecule has 1 aromatic carbocycles. The fourth-order valence-corrected chi connectivity index (χ4v) is 2.45. The first-order valence-electron chi connectivity index (χ1n) is 5.62. The van der Waals surface area contributed by atoms with Gasteiger partial charge in [0.25, 0.3) is 5.92 Å². The van der Waals surface area contributed by atoms with Crippen LogP contribution in [0.2, 0.25) is 0 Å². The lowest BCUT2D eigenvalue weighted by molar-refractivity contribution is -0.00955. The van der Waals surface area contributed by atoms with Crippen LogP contribution in [0.4, 0.5) is 8.78 Å². The van der Waals surface area contributed by atoms with Crippen molar-refractivity contribution in [1.29, 1.82) is 0 Å². The van der Waals surface area contributed by atoms with Gasteiger partial charge in [-0.05, 0) is 20.3 Å². The summed E-state index contributed by atoms with van der Waals surface area (Å²) in [5.74, 6) is -2.83. The molecule has 1 N–H and O–H groups in total. The number of benzene rings is 1. The van der Waals surface area contributed by atoms with Gasteiger partial charge in [0.1, 0.15) is 0 Å². The third-order valence-corrected chi connectivity index (χ3v) is 3.10. The largest absolute Gasteiger partial charge is 0.306 e. The van der Waals surface area contributed by atoms with Crippen molar-refractivity contribution in [3.8, 4) is 0 Å². The molecule has 0 radical (unpaired) electrons. The van der Waals surface area contributed by atoms with E-state index < -0.39 is 5.92 Å². The molecule has 0 aliphatic carbocycles. The van der Waals surface area contributed by atoms with Gasteiger partial charge in [0.2, 0.25) is 0 Å². The fraction of sp³-hybridized carbons (Fsp3) is 0.538. The summed E-state index contributed by atoms with van der Waals surface area (Å²) in [6.07, 6.45) is 0.803. The second kappa shape index (κ2) is 5.91. The lowest BCUT2D eigenvalue weighted by atomic mass is 10.0. The summed E-state index contributed by atoms with van der Waals surface area (Å²) in [4.78, 5) is 0. The standard InChI is InChI=1S/C13H18BrF2N/c1-12(2,8-9-14)17-10-13(15,16)11-6-4-3-5-7-11/h3-7,17H,8-10H2,1-2H3. The molecular weight excluding hydrogens is 288 g/mol. The Balaban J connectivity index is 2.62. The van der Waals surface area contributed by atoms with Crippen molar-refractivity contribution >= 4 is 15.9 Å². The zero-order chi connectivity index (χ0) is 12.9. The van der Waals surface area contributed by atoms with E-state index in [4.69, 9.17) is 0 Å². The topological polar surface area (TPSA) is 12.0 Å². The number of rotatable bonds is 6. The average Bonchev–Trinajstić information content (AvgIpc) is 2.28. The Kier molecular flexibility index (Phi) is 5.07. The normalized spacial score (nSPS) is 12.8. The zero-order valence-corrected chi connectivity index (χ0v) is 11.7. The smallest absolute Gasteiger partial charge is 0.285 e. The van der Waals surface area contributed by atoms with Crippen LogP contribution in [0.25, 0.3) is 0 Å². The van der Waals surface area contributed by atoms with Crippen LogP contribution in [-0.4, -0.2) is 17.4 Å². The lowest BCUT2D eigenvalue weighted by Gasteiger charge is -2.28. The van der Waals surface area contributed by atoms with Gasteiger partial charge in [-0.25, -0.2) is 0 Å². The van der Waals surface area contributed by atoms with E-state index in [0.29, 0.717) is 0 Å². The molecule has 96 valence electrons. The van der Waals surface area contributed by atoms with Gasteiger partial charge in [0.05, 0.1) is 6.54 Å². The highest BCUT2D eigenvalue weighted by molar-refractivity contribution is 9.09. The zero-order valence-electron chi connectivity index (χ0n) is 10.1. The highest BCUT2D eigenvalue weighted by Gasteiger charge is 2.33. The summed E-state index contributed by atoms with van der Waals surface area (Å²) < 4.78 is 27.7. The first-order chi connectivity index (χ1) is 7.87. The van der Waals surface area contributed by atoms with Gasteiger partial charge < -0.3 is 5.32 Å². The fourth-order valence-electron chi connectivity index (χ4n) is 1.46. The second-order valence-electron chi connectivity index (χ2n) is 4.75. The van der Waals surface area contributed by atoms with Gasteiger partial charge in [-0.3, -0.25) is 0 Å². The van der Waals surface area contributed by atoms with Crippen molar-refractivity contribution in [3.05, 3.63) is 35.9 Å². The van der Waals surface area contributed by atoms with Gasteiger partial charge >= 0.3 is 0 Å². The predicted molar refractivity (Wildman–Crippen MR) is 70.8 cm³/mol. The van der Waals surface area contributed by atoms with Gasteiger partial charge in [-0.1, -0.05) is 46.3 Å². The molecule has 0 atom stereocenters. The quantitative estimate of drug-likeness (QED) is 0.785. The molecule has 0 amide bonds. The molecule has 17 heavy (non-hydrogen) atoms. The van der Waals surface area contributed by atoms with Gasteiger partial charge in [-0.15, -0.1) is 0 Å². The van der Waals surface area contributed by atoms with Gasteiger partial charge in [0, 0.05) is 16.4 Å². The van der Waals surface area contributed by atoms with Crippen molar-refractivity contribution in [2.45, 2.75) is 31.7 Å². The summed E-state index contributed by atoms with van der Waals surface area (Å²) in [6.45, 7) is 3.52. The molecule has 1 rings (SSSR count). The van der Waals surface area contributed by atoms with Crippen LogP contribution < -0.4 is 5.32 Å². The Morgan fingerprint density at radius 2 is 1.76 bits per heavy atom. The molecule has 0 aliphatic rings. The number of halogens is 3. The number of alkyl halides is 3. The Labute approximate surface area is 110 Å². The molecule has 4 heteroatoms. The molecule has 1 nitrogen and oxygen atoms in total. The molecule has 0 aromatic heterocycles. The van der Waals surface area contributed by atoms with E-state index in [2.05, 4.69) is 21.2 Å². The van der Waals surface area contributed by atoms with Crippen LogP contribution in [-0.2, 0) is 5.92 Å². The molecule has 0 fully saturated rings. The minimum absolute atomic E-state index is 0.0575. The first-order valence-corrected chi connectivity index (χ1v) is 6.74. The third-order valence-electron chi connectivity index (χ3n) is 2.70. The van der Waals surface area contributed by atoms with Crippen LogP contribution in [0.1, 0.15) is 25.8 Å². The van der Waals surface area contributed by atoms with E-state index in [1.807, 2.05) is 13.8 Å². The van der Waals surface area contributed by atoms with Crippen molar-refractivity contribution < 1.29 is 8.78 Å². The minimum atomic E-state index is -2.83. The second-order valence-corrected chi connectivity index (χ2v) is 5.54. The first kappa shape index (κ1) is 14.6. The molecule has 0 heterocycles. The molecule has 0 saturated heterocycles. The van der Waals surface area contributed by atoms with E-state index >= 15 is 0 Å². The maximum absolute atomic E-state index is 13.9. The van der Waals surface area contributed by atoms with Crippen LogP contribution in [0.3, 0.4) is 0 Å². The average molecular weight is 306 g/mol. The SMILES string of the molecule is CC(C)(CCBr)NCC(F)(F)c1ccccc1. The highest BCUT2D eigenvalue weighted by atomic mass is 79.9. The van der Waals surface area contributed by atoms with Crippen molar-refractivity contribution in [2.75, 3.05) is 11.9 Å². The summed E-state index contributed by atoms with van der Waals surface area (Å²) in [5.41, 5.74) is -0.232. The molecule has 0 saturated carbocycles.